The van der Waals surface area contributed by atoms with Gasteiger partial charge >= 0.3 is 0 Å². The van der Waals surface area contributed by atoms with Crippen molar-refractivity contribution in [3.63, 3.8) is 0 Å². The number of hydrogen-bond donors (Lipinski definition) is 1. The zero-order valence-electron chi connectivity index (χ0n) is 14.5. The van der Waals surface area contributed by atoms with E-state index in [4.69, 9.17) is 0 Å². The lowest BCUT2D eigenvalue weighted by Crippen LogP contribution is -2.19. The van der Waals surface area contributed by atoms with E-state index >= 15 is 0 Å². The van der Waals surface area contributed by atoms with E-state index in [-0.39, 0.29) is 0 Å². The summed E-state index contributed by atoms with van der Waals surface area (Å²) in [6.07, 6.45) is 3.51. The van der Waals surface area contributed by atoms with Crippen LogP contribution in [0.4, 0.5) is 5.82 Å². The summed E-state index contributed by atoms with van der Waals surface area (Å²) < 4.78 is 1.79. The van der Waals surface area contributed by atoms with Crippen LogP contribution in [0.25, 0.3) is 5.65 Å². The number of aryl methyl sites for hydroxylation is 2. The molecule has 5 nitrogen and oxygen atoms in total. The maximum absolute atomic E-state index is 4.64. The number of hydrogen-bond acceptors (Lipinski definition) is 4. The molecule has 3 aromatic rings. The van der Waals surface area contributed by atoms with E-state index in [9.17, 15) is 0 Å². The molecule has 4 rings (SSSR count). The zero-order valence-corrected chi connectivity index (χ0v) is 14.5. The van der Waals surface area contributed by atoms with Crippen LogP contribution in [0.5, 0.6) is 0 Å². The fourth-order valence-corrected chi connectivity index (χ4v) is 3.48. The van der Waals surface area contributed by atoms with E-state index in [0.717, 1.165) is 23.7 Å². The van der Waals surface area contributed by atoms with Gasteiger partial charge in [-0.2, -0.15) is 4.52 Å². The third kappa shape index (κ3) is 2.64. The summed E-state index contributed by atoms with van der Waals surface area (Å²) >= 11 is 0. The van der Waals surface area contributed by atoms with Crippen molar-refractivity contribution in [3.05, 3.63) is 52.8 Å². The molecule has 1 aromatic carbocycles. The second-order valence-corrected chi connectivity index (χ2v) is 6.94. The fourth-order valence-electron chi connectivity index (χ4n) is 3.48. The molecule has 1 atom stereocenters. The Bertz CT molecular complexity index is 881. The van der Waals surface area contributed by atoms with Gasteiger partial charge in [0.05, 0.1) is 6.04 Å². The minimum Gasteiger partial charge on any atom is -0.362 e. The molecule has 0 bridgehead atoms. The van der Waals surface area contributed by atoms with Crippen molar-refractivity contribution in [1.82, 2.24) is 19.8 Å². The molecule has 1 N–H and O–H groups in total. The Balaban J connectivity index is 1.67. The minimum atomic E-state index is 0.314. The standard InChI is InChI=1S/C19H23N5/c1-12(2)15-8-7-14-5-4-6-17(16(14)11-15)20-18-9-10-19-22-21-13(3)24(19)23-18/h7-12,17H,4-6H2,1-3H3,(H,20,23)/t17-/m1/s1. The van der Waals surface area contributed by atoms with Crippen LogP contribution in [0, 0.1) is 6.92 Å². The molecular formula is C19H23N5. The summed E-state index contributed by atoms with van der Waals surface area (Å²) in [7, 11) is 0. The number of nitrogens with zero attached hydrogens (tertiary/aromatic N) is 4. The van der Waals surface area contributed by atoms with Gasteiger partial charge < -0.3 is 5.32 Å². The van der Waals surface area contributed by atoms with Gasteiger partial charge in [0.15, 0.2) is 11.5 Å². The van der Waals surface area contributed by atoms with Crippen molar-refractivity contribution < 1.29 is 0 Å². The van der Waals surface area contributed by atoms with Crippen LogP contribution in [-0.2, 0) is 6.42 Å². The Morgan fingerprint density at radius 3 is 2.88 bits per heavy atom. The number of fused-ring (bicyclic) bond motifs is 2. The third-order valence-electron chi connectivity index (χ3n) is 4.89. The highest BCUT2D eigenvalue weighted by Crippen LogP contribution is 2.34. The second-order valence-electron chi connectivity index (χ2n) is 6.94. The van der Waals surface area contributed by atoms with E-state index in [1.54, 1.807) is 4.52 Å². The molecule has 0 aliphatic heterocycles. The Morgan fingerprint density at radius 2 is 2.04 bits per heavy atom. The summed E-state index contributed by atoms with van der Waals surface area (Å²) in [6, 6.07) is 11.2. The monoisotopic (exact) mass is 321 g/mol. The number of aromatic nitrogens is 4. The predicted octanol–water partition coefficient (Wildman–Crippen LogP) is 4.05. The van der Waals surface area contributed by atoms with Crippen LogP contribution >= 0.6 is 0 Å². The van der Waals surface area contributed by atoms with Crippen LogP contribution in [0.3, 0.4) is 0 Å². The van der Waals surface area contributed by atoms with Gasteiger partial charge in [0.2, 0.25) is 0 Å². The van der Waals surface area contributed by atoms with E-state index in [2.05, 4.69) is 52.7 Å². The molecule has 0 saturated heterocycles. The van der Waals surface area contributed by atoms with Gasteiger partial charge in [-0.1, -0.05) is 32.0 Å². The van der Waals surface area contributed by atoms with Crippen molar-refractivity contribution in [1.29, 1.82) is 0 Å². The summed E-state index contributed by atoms with van der Waals surface area (Å²) in [5, 5.41) is 16.4. The molecule has 0 radical (unpaired) electrons. The average molecular weight is 321 g/mol. The number of benzene rings is 1. The number of nitrogens with one attached hydrogen (secondary N) is 1. The van der Waals surface area contributed by atoms with Crippen LogP contribution in [0.2, 0.25) is 0 Å². The SMILES string of the molecule is Cc1nnc2ccc(N[C@@H]3CCCc4ccc(C(C)C)cc43)nn12. The van der Waals surface area contributed by atoms with Gasteiger partial charge in [0, 0.05) is 0 Å². The third-order valence-corrected chi connectivity index (χ3v) is 4.89. The lowest BCUT2D eigenvalue weighted by molar-refractivity contribution is 0.595. The van der Waals surface area contributed by atoms with Crippen molar-refractivity contribution in [3.8, 4) is 0 Å². The molecular weight excluding hydrogens is 298 g/mol. The Hall–Kier alpha value is -2.43. The van der Waals surface area contributed by atoms with Crippen LogP contribution in [0.15, 0.2) is 30.3 Å². The fraction of sp³-hybridized carbons (Fsp3) is 0.421. The van der Waals surface area contributed by atoms with E-state index in [1.807, 2.05) is 19.1 Å². The lowest BCUT2D eigenvalue weighted by atomic mass is 9.85. The van der Waals surface area contributed by atoms with E-state index < -0.39 is 0 Å². The molecule has 5 heteroatoms. The molecule has 0 amide bonds. The van der Waals surface area contributed by atoms with Gasteiger partial charge in [0.25, 0.3) is 0 Å². The largest absolute Gasteiger partial charge is 0.362 e. The highest BCUT2D eigenvalue weighted by molar-refractivity contribution is 5.47. The topological polar surface area (TPSA) is 55.1 Å². The van der Waals surface area contributed by atoms with Crippen molar-refractivity contribution in [2.75, 3.05) is 5.32 Å². The first-order chi connectivity index (χ1) is 11.6. The summed E-state index contributed by atoms with van der Waals surface area (Å²) in [6.45, 7) is 6.41. The summed E-state index contributed by atoms with van der Waals surface area (Å²) in [5.74, 6) is 2.23. The molecule has 0 spiro atoms. The molecule has 0 saturated carbocycles. The van der Waals surface area contributed by atoms with E-state index in [0.29, 0.717) is 12.0 Å². The zero-order chi connectivity index (χ0) is 16.7. The van der Waals surface area contributed by atoms with Gasteiger partial charge in [-0.3, -0.25) is 0 Å². The average Bonchev–Trinajstić information content (AvgIpc) is 2.95. The molecule has 2 aromatic heterocycles. The quantitative estimate of drug-likeness (QED) is 0.791. The maximum Gasteiger partial charge on any atom is 0.178 e. The number of rotatable bonds is 3. The van der Waals surface area contributed by atoms with Gasteiger partial charge in [-0.15, -0.1) is 15.3 Å². The summed E-state index contributed by atoms with van der Waals surface area (Å²) in [4.78, 5) is 0. The maximum atomic E-state index is 4.64. The molecule has 2 heterocycles. The Kier molecular flexibility index (Phi) is 3.71. The molecule has 124 valence electrons. The van der Waals surface area contributed by atoms with Gasteiger partial charge in [-0.25, -0.2) is 0 Å². The first kappa shape index (κ1) is 15.1. The van der Waals surface area contributed by atoms with Crippen molar-refractivity contribution in [2.24, 2.45) is 0 Å². The van der Waals surface area contributed by atoms with Gasteiger partial charge in [-0.05, 0) is 60.9 Å². The highest BCUT2D eigenvalue weighted by Gasteiger charge is 2.21. The molecule has 1 aliphatic rings. The van der Waals surface area contributed by atoms with Gasteiger partial charge in [0.1, 0.15) is 5.82 Å². The van der Waals surface area contributed by atoms with Crippen LogP contribution in [-0.4, -0.2) is 19.8 Å². The van der Waals surface area contributed by atoms with Crippen LogP contribution in [0.1, 0.15) is 61.2 Å². The Labute approximate surface area is 142 Å². The number of anilines is 1. The van der Waals surface area contributed by atoms with E-state index in [1.165, 1.54) is 29.5 Å². The molecule has 1 aliphatic carbocycles. The van der Waals surface area contributed by atoms with Crippen molar-refractivity contribution >= 4 is 11.5 Å². The predicted molar refractivity (Wildman–Crippen MR) is 95.4 cm³/mol. The molecule has 0 unspecified atom stereocenters. The first-order valence-corrected chi connectivity index (χ1v) is 8.70. The lowest BCUT2D eigenvalue weighted by Gasteiger charge is -2.28. The summed E-state index contributed by atoms with van der Waals surface area (Å²) in [5.41, 5.74) is 5.07. The first-order valence-electron chi connectivity index (χ1n) is 8.70. The molecule has 0 fully saturated rings. The Morgan fingerprint density at radius 1 is 1.17 bits per heavy atom. The minimum absolute atomic E-state index is 0.314. The smallest absolute Gasteiger partial charge is 0.178 e. The normalized spacial score (nSPS) is 17.2. The molecule has 24 heavy (non-hydrogen) atoms. The van der Waals surface area contributed by atoms with Crippen molar-refractivity contribution in [2.45, 2.75) is 52.0 Å². The van der Waals surface area contributed by atoms with Crippen LogP contribution < -0.4 is 5.32 Å². The highest BCUT2D eigenvalue weighted by atomic mass is 15.4. The second kappa shape index (κ2) is 5.89.